The maximum absolute atomic E-state index is 14.7. The number of aliphatic hydroxyl groups excluding tert-OH is 1. The van der Waals surface area contributed by atoms with Crippen LogP contribution in [0, 0.1) is 5.82 Å². The van der Waals surface area contributed by atoms with E-state index in [2.05, 4.69) is 20.8 Å². The molecule has 5 atom stereocenters. The molecule has 2 bridgehead atoms. The van der Waals surface area contributed by atoms with Crippen molar-refractivity contribution in [3.05, 3.63) is 63.9 Å². The summed E-state index contributed by atoms with van der Waals surface area (Å²) in [5.41, 5.74) is 1.10. The molecule has 2 fully saturated rings. The minimum absolute atomic E-state index is 0.115. The summed E-state index contributed by atoms with van der Waals surface area (Å²) in [6, 6.07) is 10.5. The fraction of sp³-hybridized carbons (Fsp3) is 0.647. The van der Waals surface area contributed by atoms with Gasteiger partial charge in [-0.3, -0.25) is 0 Å². The van der Waals surface area contributed by atoms with Gasteiger partial charge in [0.1, 0.15) is 23.9 Å². The maximum Gasteiger partial charge on any atom is 0.225 e. The fourth-order valence-corrected chi connectivity index (χ4v) is 5.98. The van der Waals surface area contributed by atoms with Crippen LogP contribution in [0.5, 0.6) is 5.75 Å². The molecule has 0 aromatic heterocycles. The lowest BCUT2D eigenvalue weighted by atomic mass is 9.83. The molecule has 2 aliphatic rings. The van der Waals surface area contributed by atoms with Crippen molar-refractivity contribution in [1.29, 1.82) is 0 Å². The van der Waals surface area contributed by atoms with Crippen molar-refractivity contribution in [2.24, 2.45) is 0 Å². The molecule has 0 aliphatic carbocycles. The van der Waals surface area contributed by atoms with E-state index in [1.165, 1.54) is 6.07 Å². The van der Waals surface area contributed by atoms with Gasteiger partial charge in [-0.05, 0) is 68.0 Å². The van der Waals surface area contributed by atoms with Crippen molar-refractivity contribution in [1.82, 2.24) is 0 Å². The van der Waals surface area contributed by atoms with Gasteiger partial charge in [-0.2, -0.15) is 0 Å². The summed E-state index contributed by atoms with van der Waals surface area (Å²) >= 11 is 6.69. The van der Waals surface area contributed by atoms with Crippen LogP contribution in [0.25, 0.3) is 0 Å². The number of fused-ring (bicyclic) bond motifs is 2. The first-order valence-corrected chi connectivity index (χ1v) is 16.3. The number of hydrogen-bond acceptors (Lipinski definition) is 7. The molecule has 1 N–H and O–H groups in total. The number of rotatable bonds is 18. The molecule has 2 heterocycles. The predicted molar refractivity (Wildman–Crippen MR) is 164 cm³/mol. The number of aliphatic hydroxyl groups is 1. The quantitative estimate of drug-likeness (QED) is 0.180. The number of hydrogen-bond donors (Lipinski definition) is 1. The van der Waals surface area contributed by atoms with Gasteiger partial charge in [0.2, 0.25) is 5.79 Å². The highest BCUT2D eigenvalue weighted by Gasteiger charge is 2.69. The molecule has 2 saturated heterocycles. The van der Waals surface area contributed by atoms with E-state index in [-0.39, 0.29) is 19.0 Å². The Balaban J connectivity index is 1.74. The molecule has 43 heavy (non-hydrogen) atoms. The van der Waals surface area contributed by atoms with Crippen molar-refractivity contribution in [3.63, 3.8) is 0 Å². The zero-order valence-electron chi connectivity index (χ0n) is 26.0. The Morgan fingerprint density at radius 1 is 0.907 bits per heavy atom. The number of unbranched alkanes of at least 4 members (excludes halogenated alkanes) is 3. The van der Waals surface area contributed by atoms with Gasteiger partial charge < -0.3 is 33.5 Å². The van der Waals surface area contributed by atoms with Gasteiger partial charge in [0.05, 0.1) is 19.8 Å². The molecule has 0 radical (unpaired) electrons. The Hall–Kier alpha value is -1.78. The molecule has 0 unspecified atom stereocenters. The molecule has 0 spiro atoms. The van der Waals surface area contributed by atoms with Gasteiger partial charge in [-0.25, -0.2) is 4.39 Å². The average Bonchev–Trinajstić information content (AvgIpc) is 3.37. The minimum Gasteiger partial charge on any atom is -0.491 e. The van der Waals surface area contributed by atoms with Crippen LogP contribution < -0.4 is 4.74 Å². The third-order valence-electron chi connectivity index (χ3n) is 8.18. The molecule has 7 nitrogen and oxygen atoms in total. The second kappa shape index (κ2) is 16.0. The maximum atomic E-state index is 14.7. The van der Waals surface area contributed by atoms with Crippen LogP contribution in [-0.4, -0.2) is 68.7 Å². The molecule has 240 valence electrons. The summed E-state index contributed by atoms with van der Waals surface area (Å²) in [6.07, 6.45) is 4.13. The van der Waals surface area contributed by atoms with Gasteiger partial charge in [0.25, 0.3) is 0 Å². The zero-order valence-corrected chi connectivity index (χ0v) is 26.8. The molecule has 2 aromatic rings. The second-order valence-electron chi connectivity index (χ2n) is 11.4. The van der Waals surface area contributed by atoms with E-state index < -0.39 is 35.5 Å². The summed E-state index contributed by atoms with van der Waals surface area (Å²) in [5.74, 6) is -1.56. The average molecular weight is 623 g/mol. The van der Waals surface area contributed by atoms with E-state index in [9.17, 15) is 9.50 Å². The summed E-state index contributed by atoms with van der Waals surface area (Å²) in [7, 11) is 0. The van der Waals surface area contributed by atoms with E-state index in [4.69, 9.17) is 40.0 Å². The van der Waals surface area contributed by atoms with Crippen LogP contribution in [0.15, 0.2) is 36.4 Å². The molecule has 0 amide bonds. The molecule has 9 heteroatoms. The van der Waals surface area contributed by atoms with E-state index in [1.54, 1.807) is 12.1 Å². The van der Waals surface area contributed by atoms with E-state index in [0.717, 1.165) is 49.7 Å². The first kappa shape index (κ1) is 34.1. The van der Waals surface area contributed by atoms with Crippen molar-refractivity contribution in [2.45, 2.75) is 102 Å². The highest BCUT2D eigenvalue weighted by molar-refractivity contribution is 6.31. The third kappa shape index (κ3) is 7.55. The van der Waals surface area contributed by atoms with Crippen LogP contribution in [0.1, 0.15) is 82.9 Å². The van der Waals surface area contributed by atoms with Crippen molar-refractivity contribution < 1.29 is 37.9 Å². The van der Waals surface area contributed by atoms with Crippen LogP contribution in [0.2, 0.25) is 5.02 Å². The second-order valence-corrected chi connectivity index (χ2v) is 11.8. The van der Waals surface area contributed by atoms with Gasteiger partial charge in [-0.1, -0.05) is 63.8 Å². The highest BCUT2D eigenvalue weighted by atomic mass is 35.5. The largest absolute Gasteiger partial charge is 0.491 e. The van der Waals surface area contributed by atoms with Crippen molar-refractivity contribution in [3.8, 4) is 5.75 Å². The molecule has 0 saturated carbocycles. The monoisotopic (exact) mass is 622 g/mol. The van der Waals surface area contributed by atoms with Crippen LogP contribution >= 0.6 is 11.6 Å². The van der Waals surface area contributed by atoms with E-state index >= 15 is 0 Å². The van der Waals surface area contributed by atoms with Gasteiger partial charge in [0, 0.05) is 30.4 Å². The number of benzene rings is 2. The molecular formula is C34H48ClFO7. The topological polar surface area (TPSA) is 75.6 Å². The fourth-order valence-electron chi connectivity index (χ4n) is 5.79. The predicted octanol–water partition coefficient (Wildman–Crippen LogP) is 6.97. The zero-order chi connectivity index (χ0) is 30.9. The van der Waals surface area contributed by atoms with E-state index in [1.807, 2.05) is 25.1 Å². The Labute approximate surface area is 260 Å². The van der Waals surface area contributed by atoms with E-state index in [0.29, 0.717) is 43.4 Å². The Bertz CT molecular complexity index is 1170. The standard InChI is InChI=1S/C34H48ClFO7/c1-5-9-16-39-30-31(40-17-10-6-2)33(22-37)23-42-34(43-33,32(30)41-18-11-7-3)26-13-14-27(35)25(21-26)19-24-12-15-29(38-8-4)28(36)20-24/h12-15,20-21,30-32,37H,5-11,16-19,22-23H2,1-4H3/t30-,31-,32+,33-,34-/m0/s1. The summed E-state index contributed by atoms with van der Waals surface area (Å²) in [5, 5.41) is 11.3. The SMILES string of the molecule is CCCCO[C@@H]1[C@@H](OCCCC)[C@@]2(c3ccc(Cl)c(Cc4ccc(OCC)c(F)c4)c3)OC[C@](CO)(O2)[C@H]1OCCCC. The number of ether oxygens (including phenoxy) is 6. The Morgan fingerprint density at radius 3 is 2.21 bits per heavy atom. The summed E-state index contributed by atoms with van der Waals surface area (Å²) in [6.45, 7) is 9.88. The van der Waals surface area contributed by atoms with Gasteiger partial charge in [-0.15, -0.1) is 0 Å². The first-order valence-electron chi connectivity index (χ1n) is 15.9. The third-order valence-corrected chi connectivity index (χ3v) is 8.55. The van der Waals surface area contributed by atoms with Gasteiger partial charge in [0.15, 0.2) is 11.6 Å². The molecule has 2 aromatic carbocycles. The molecular weight excluding hydrogens is 575 g/mol. The van der Waals surface area contributed by atoms with Gasteiger partial charge >= 0.3 is 0 Å². The molecule has 2 aliphatic heterocycles. The first-order chi connectivity index (χ1) is 20.9. The smallest absolute Gasteiger partial charge is 0.225 e. The summed E-state index contributed by atoms with van der Waals surface area (Å²) in [4.78, 5) is 0. The summed E-state index contributed by atoms with van der Waals surface area (Å²) < 4.78 is 53.0. The number of halogens is 2. The van der Waals surface area contributed by atoms with Crippen LogP contribution in [0.4, 0.5) is 4.39 Å². The minimum atomic E-state index is -1.36. The highest BCUT2D eigenvalue weighted by Crippen LogP contribution is 2.52. The van der Waals surface area contributed by atoms with Crippen molar-refractivity contribution >= 4 is 11.6 Å². The molecule has 4 rings (SSSR count). The Kier molecular flexibility index (Phi) is 12.7. The van der Waals surface area contributed by atoms with Crippen LogP contribution in [0.3, 0.4) is 0 Å². The van der Waals surface area contributed by atoms with Crippen LogP contribution in [-0.2, 0) is 35.9 Å². The lowest BCUT2D eigenvalue weighted by Crippen LogP contribution is -2.67. The lowest BCUT2D eigenvalue weighted by molar-refractivity contribution is -0.349. The lowest BCUT2D eigenvalue weighted by Gasteiger charge is -2.50. The Morgan fingerprint density at radius 2 is 1.58 bits per heavy atom. The van der Waals surface area contributed by atoms with Crippen molar-refractivity contribution in [2.75, 3.05) is 39.6 Å². The normalized spacial score (nSPS) is 26.6.